The molecular formula is C19H18FN5O2. The van der Waals surface area contributed by atoms with Gasteiger partial charge in [0.05, 0.1) is 17.5 Å². The van der Waals surface area contributed by atoms with E-state index in [-0.39, 0.29) is 30.4 Å². The van der Waals surface area contributed by atoms with Crippen LogP contribution in [0.15, 0.2) is 60.0 Å². The van der Waals surface area contributed by atoms with Gasteiger partial charge in [0.2, 0.25) is 0 Å². The zero-order valence-electron chi connectivity index (χ0n) is 14.7. The second-order valence-electron chi connectivity index (χ2n) is 5.90. The molecule has 1 N–H and O–H groups in total. The van der Waals surface area contributed by atoms with Gasteiger partial charge in [-0.1, -0.05) is 24.3 Å². The molecule has 1 amide bonds. The second-order valence-corrected chi connectivity index (χ2v) is 5.90. The normalized spacial score (nSPS) is 10.6. The molecule has 3 aromatic rings. The summed E-state index contributed by atoms with van der Waals surface area (Å²) in [4.78, 5) is 25.6. The van der Waals surface area contributed by atoms with Crippen molar-refractivity contribution >= 4 is 5.91 Å². The Morgan fingerprint density at radius 2 is 2.11 bits per heavy atom. The van der Waals surface area contributed by atoms with Crippen molar-refractivity contribution in [2.24, 2.45) is 0 Å². The third-order valence-electron chi connectivity index (χ3n) is 4.08. The number of carbonyl (C=O) groups excluding carboxylic acids is 1. The van der Waals surface area contributed by atoms with E-state index in [1.54, 1.807) is 31.2 Å². The summed E-state index contributed by atoms with van der Waals surface area (Å²) >= 11 is 0. The summed E-state index contributed by atoms with van der Waals surface area (Å²) in [5.41, 5.74) is 1.00. The quantitative estimate of drug-likeness (QED) is 0.677. The summed E-state index contributed by atoms with van der Waals surface area (Å²) in [6.07, 6.45) is 3.02. The molecule has 3 rings (SSSR count). The molecule has 0 aliphatic heterocycles. The van der Waals surface area contributed by atoms with Gasteiger partial charge >= 0.3 is 0 Å². The Kier molecular flexibility index (Phi) is 5.25. The molecule has 0 bridgehead atoms. The highest BCUT2D eigenvalue weighted by Crippen LogP contribution is 2.17. The van der Waals surface area contributed by atoms with Crippen LogP contribution in [0.2, 0.25) is 0 Å². The lowest BCUT2D eigenvalue weighted by Crippen LogP contribution is -2.31. The summed E-state index contributed by atoms with van der Waals surface area (Å²) in [6.45, 7) is 5.77. The van der Waals surface area contributed by atoms with Crippen LogP contribution in [0.5, 0.6) is 0 Å². The van der Waals surface area contributed by atoms with Crippen LogP contribution in [0.1, 0.15) is 21.6 Å². The van der Waals surface area contributed by atoms with Gasteiger partial charge in [-0.15, -0.1) is 6.58 Å². The Morgan fingerprint density at radius 1 is 1.33 bits per heavy atom. The molecule has 0 radical (unpaired) electrons. The number of nitrogens with zero attached hydrogens (tertiary/aromatic N) is 4. The number of nitrogens with one attached hydrogen (secondary N) is 1. The number of carbonyl (C=O) groups is 1. The molecule has 0 unspecified atom stereocenters. The maximum absolute atomic E-state index is 14.0. The number of hydrogen-bond acceptors (Lipinski definition) is 4. The second kappa shape index (κ2) is 7.77. The highest BCUT2D eigenvalue weighted by Gasteiger charge is 2.22. The smallest absolute Gasteiger partial charge is 0.264 e. The van der Waals surface area contributed by atoms with Crippen molar-refractivity contribution in [1.82, 2.24) is 24.9 Å². The number of aromatic amines is 1. The molecule has 0 aliphatic carbocycles. The molecule has 2 heterocycles. The molecular weight excluding hydrogens is 349 g/mol. The zero-order chi connectivity index (χ0) is 19.4. The van der Waals surface area contributed by atoms with Crippen molar-refractivity contribution in [2.45, 2.75) is 13.5 Å². The molecule has 2 aromatic heterocycles. The number of H-pyrrole nitrogens is 1. The van der Waals surface area contributed by atoms with Gasteiger partial charge in [0, 0.05) is 24.7 Å². The molecule has 0 saturated carbocycles. The van der Waals surface area contributed by atoms with Gasteiger partial charge in [-0.3, -0.25) is 9.59 Å². The highest BCUT2D eigenvalue weighted by molar-refractivity contribution is 5.95. The topological polar surface area (TPSA) is 83.9 Å². The lowest BCUT2D eigenvalue weighted by molar-refractivity contribution is 0.0760. The van der Waals surface area contributed by atoms with Crippen LogP contribution in [-0.4, -0.2) is 37.3 Å². The first kappa shape index (κ1) is 18.2. The Bertz CT molecular complexity index is 1020. The molecule has 1 aromatic carbocycles. The van der Waals surface area contributed by atoms with Crippen LogP contribution >= 0.6 is 0 Å². The fourth-order valence-corrected chi connectivity index (χ4v) is 2.68. The maximum atomic E-state index is 14.0. The summed E-state index contributed by atoms with van der Waals surface area (Å²) in [7, 11) is 0. The van der Waals surface area contributed by atoms with Crippen molar-refractivity contribution < 1.29 is 9.18 Å². The predicted octanol–water partition coefficient (Wildman–Crippen LogP) is 2.23. The van der Waals surface area contributed by atoms with Gasteiger partial charge in [0.15, 0.2) is 5.82 Å². The average molecular weight is 367 g/mol. The molecule has 0 spiro atoms. The van der Waals surface area contributed by atoms with Gasteiger partial charge in [0.25, 0.3) is 11.5 Å². The first-order chi connectivity index (χ1) is 13.0. The first-order valence-corrected chi connectivity index (χ1v) is 8.25. The number of benzene rings is 1. The molecule has 0 aliphatic rings. The summed E-state index contributed by atoms with van der Waals surface area (Å²) in [5, 5.41) is 10.4. The van der Waals surface area contributed by atoms with Gasteiger partial charge in [-0.05, 0) is 19.1 Å². The van der Waals surface area contributed by atoms with Crippen LogP contribution in [-0.2, 0) is 6.54 Å². The Hall–Kier alpha value is -3.55. The van der Waals surface area contributed by atoms with E-state index >= 15 is 0 Å². The van der Waals surface area contributed by atoms with Gasteiger partial charge in [-0.25, -0.2) is 14.2 Å². The van der Waals surface area contributed by atoms with Crippen molar-refractivity contribution in [1.29, 1.82) is 0 Å². The SMILES string of the molecule is C=CCN(Cc1ccccc1F)C(=O)c1cnn(-c2ccc(=O)[nH]n2)c1C. The van der Waals surface area contributed by atoms with Gasteiger partial charge in [0.1, 0.15) is 5.82 Å². The van der Waals surface area contributed by atoms with E-state index in [4.69, 9.17) is 0 Å². The molecule has 0 saturated heterocycles. The minimum Gasteiger partial charge on any atom is -0.330 e. The van der Waals surface area contributed by atoms with E-state index in [1.807, 2.05) is 0 Å². The Labute approximate surface area is 154 Å². The van der Waals surface area contributed by atoms with Gasteiger partial charge in [-0.2, -0.15) is 10.2 Å². The fourth-order valence-electron chi connectivity index (χ4n) is 2.68. The van der Waals surface area contributed by atoms with E-state index in [0.717, 1.165) is 0 Å². The van der Waals surface area contributed by atoms with Crippen LogP contribution < -0.4 is 5.56 Å². The summed E-state index contributed by atoms with van der Waals surface area (Å²) in [5.74, 6) is -0.286. The third kappa shape index (κ3) is 3.84. The molecule has 8 heteroatoms. The lowest BCUT2D eigenvalue weighted by atomic mass is 10.1. The minimum absolute atomic E-state index is 0.110. The first-order valence-electron chi connectivity index (χ1n) is 8.25. The van der Waals surface area contributed by atoms with E-state index in [1.165, 1.54) is 34.0 Å². The number of amides is 1. The molecule has 138 valence electrons. The monoisotopic (exact) mass is 367 g/mol. The number of rotatable bonds is 6. The van der Waals surface area contributed by atoms with Crippen molar-refractivity contribution in [3.05, 3.63) is 88.2 Å². The predicted molar refractivity (Wildman–Crippen MR) is 98.1 cm³/mol. The van der Waals surface area contributed by atoms with Crippen molar-refractivity contribution in [3.8, 4) is 5.82 Å². The van der Waals surface area contributed by atoms with Crippen LogP contribution in [0.3, 0.4) is 0 Å². The van der Waals surface area contributed by atoms with E-state index in [2.05, 4.69) is 21.9 Å². The Morgan fingerprint density at radius 3 is 2.78 bits per heavy atom. The average Bonchev–Trinajstić information content (AvgIpc) is 3.04. The van der Waals surface area contributed by atoms with Crippen LogP contribution in [0.4, 0.5) is 4.39 Å². The van der Waals surface area contributed by atoms with Crippen molar-refractivity contribution in [3.63, 3.8) is 0 Å². The molecule has 27 heavy (non-hydrogen) atoms. The molecule has 0 fully saturated rings. The molecule has 0 atom stereocenters. The maximum Gasteiger partial charge on any atom is 0.264 e. The summed E-state index contributed by atoms with van der Waals surface area (Å²) < 4.78 is 15.4. The minimum atomic E-state index is -0.371. The van der Waals surface area contributed by atoms with Crippen molar-refractivity contribution in [2.75, 3.05) is 6.54 Å². The highest BCUT2D eigenvalue weighted by atomic mass is 19.1. The zero-order valence-corrected chi connectivity index (χ0v) is 14.7. The summed E-state index contributed by atoms with van der Waals surface area (Å²) in [6, 6.07) is 9.15. The van der Waals surface area contributed by atoms with Crippen LogP contribution in [0, 0.1) is 12.7 Å². The molecule has 7 nitrogen and oxygen atoms in total. The Balaban J connectivity index is 1.90. The number of halogens is 1. The lowest BCUT2D eigenvalue weighted by Gasteiger charge is -2.21. The van der Waals surface area contributed by atoms with E-state index in [0.29, 0.717) is 22.6 Å². The van der Waals surface area contributed by atoms with Crippen LogP contribution in [0.25, 0.3) is 5.82 Å². The largest absolute Gasteiger partial charge is 0.330 e. The fraction of sp³-hybridized carbons (Fsp3) is 0.158. The van der Waals surface area contributed by atoms with E-state index < -0.39 is 0 Å². The van der Waals surface area contributed by atoms with Gasteiger partial charge < -0.3 is 4.90 Å². The number of hydrogen-bond donors (Lipinski definition) is 1. The number of aromatic nitrogens is 4. The van der Waals surface area contributed by atoms with E-state index in [9.17, 15) is 14.0 Å². The third-order valence-corrected chi connectivity index (χ3v) is 4.08. The standard InChI is InChI=1S/C19H18FN5O2/c1-3-10-24(12-14-6-4-5-7-16(14)20)19(27)15-11-21-25(13(15)2)17-8-9-18(26)23-22-17/h3-9,11H,1,10,12H2,2H3,(H,23,26).